The van der Waals surface area contributed by atoms with E-state index in [1.165, 1.54) is 25.6 Å². The number of ether oxygens (including phenoxy) is 2. The Morgan fingerprint density at radius 3 is 2.81 bits per heavy atom. The molecule has 0 atom stereocenters. The second-order valence-corrected chi connectivity index (χ2v) is 4.60. The number of halogens is 1. The molecule has 1 aromatic heterocycles. The first kappa shape index (κ1) is 11.2. The number of hydrogen-bond acceptors (Lipinski definition) is 5. The minimum Gasteiger partial charge on any atom is -0.494 e. The van der Waals surface area contributed by atoms with Gasteiger partial charge in [-0.05, 0) is 12.1 Å². The van der Waals surface area contributed by atoms with Gasteiger partial charge in [0.15, 0.2) is 4.47 Å². The van der Waals surface area contributed by atoms with Crippen LogP contribution in [0.15, 0.2) is 12.1 Å². The predicted octanol–water partition coefficient (Wildman–Crippen LogP) is 2.74. The van der Waals surface area contributed by atoms with E-state index in [9.17, 15) is 4.79 Å². The van der Waals surface area contributed by atoms with Crippen molar-refractivity contribution in [3.63, 3.8) is 0 Å². The summed E-state index contributed by atoms with van der Waals surface area (Å²) in [6, 6.07) is 3.28. The summed E-state index contributed by atoms with van der Waals surface area (Å²) in [6.45, 7) is 0. The maximum atomic E-state index is 11.4. The van der Waals surface area contributed by atoms with Gasteiger partial charge in [0.2, 0.25) is 0 Å². The molecular weight excluding hydrogens is 250 g/mol. The number of fused-ring (bicyclic) bond motifs is 1. The molecule has 0 saturated carbocycles. The van der Waals surface area contributed by atoms with Gasteiger partial charge in [0.1, 0.15) is 11.3 Å². The Balaban J connectivity index is 2.67. The first-order valence-corrected chi connectivity index (χ1v) is 5.57. The van der Waals surface area contributed by atoms with Crippen LogP contribution in [0.5, 0.6) is 5.75 Å². The third kappa shape index (κ3) is 1.83. The third-order valence-electron chi connectivity index (χ3n) is 2.07. The summed E-state index contributed by atoms with van der Waals surface area (Å²) in [5, 5.41) is 0. The van der Waals surface area contributed by atoms with E-state index >= 15 is 0 Å². The molecule has 0 spiro atoms. The lowest BCUT2D eigenvalue weighted by Gasteiger charge is -2.03. The van der Waals surface area contributed by atoms with Gasteiger partial charge in [-0.3, -0.25) is 0 Å². The second kappa shape index (κ2) is 4.27. The van der Waals surface area contributed by atoms with Crippen LogP contribution in [0.1, 0.15) is 10.4 Å². The van der Waals surface area contributed by atoms with Crippen LogP contribution in [0.2, 0.25) is 4.47 Å². The average Bonchev–Trinajstić information content (AvgIpc) is 2.66. The average molecular weight is 258 g/mol. The van der Waals surface area contributed by atoms with E-state index in [1.54, 1.807) is 12.1 Å². The van der Waals surface area contributed by atoms with Crippen LogP contribution in [-0.2, 0) is 4.74 Å². The van der Waals surface area contributed by atoms with Crippen LogP contribution in [0.4, 0.5) is 0 Å². The van der Waals surface area contributed by atoms with Crippen molar-refractivity contribution in [3.05, 3.63) is 22.2 Å². The van der Waals surface area contributed by atoms with Crippen LogP contribution in [0.3, 0.4) is 0 Å². The second-order valence-electron chi connectivity index (χ2n) is 2.98. The van der Waals surface area contributed by atoms with E-state index in [0.717, 1.165) is 4.70 Å². The van der Waals surface area contributed by atoms with Crippen molar-refractivity contribution < 1.29 is 14.3 Å². The zero-order valence-electron chi connectivity index (χ0n) is 8.61. The van der Waals surface area contributed by atoms with Gasteiger partial charge in [0.05, 0.1) is 24.5 Å². The molecule has 2 rings (SSSR count). The predicted molar refractivity (Wildman–Crippen MR) is 62.5 cm³/mol. The van der Waals surface area contributed by atoms with Crippen LogP contribution in [0, 0.1) is 0 Å². The summed E-state index contributed by atoms with van der Waals surface area (Å²) in [5.74, 6) is 0.103. The molecule has 0 aliphatic carbocycles. The Bertz CT molecular complexity index is 552. The van der Waals surface area contributed by atoms with E-state index in [2.05, 4.69) is 9.72 Å². The molecule has 0 aliphatic heterocycles. The van der Waals surface area contributed by atoms with Gasteiger partial charge in [-0.2, -0.15) is 0 Å². The molecule has 0 radical (unpaired) electrons. The number of nitrogens with zero attached hydrogens (tertiary/aromatic N) is 1. The topological polar surface area (TPSA) is 48.4 Å². The largest absolute Gasteiger partial charge is 0.494 e. The van der Waals surface area contributed by atoms with Gasteiger partial charge < -0.3 is 9.47 Å². The van der Waals surface area contributed by atoms with Crippen molar-refractivity contribution in [2.45, 2.75) is 0 Å². The third-order valence-corrected chi connectivity index (χ3v) is 3.18. The number of methoxy groups -OCH3 is 2. The number of thiazole rings is 1. The monoisotopic (exact) mass is 257 g/mol. The van der Waals surface area contributed by atoms with Crippen LogP contribution in [0.25, 0.3) is 10.2 Å². The number of hydrogen-bond donors (Lipinski definition) is 0. The number of carbonyl (C=O) groups is 1. The van der Waals surface area contributed by atoms with Crippen molar-refractivity contribution in [2.24, 2.45) is 0 Å². The molecule has 0 fully saturated rings. The molecule has 0 unspecified atom stereocenters. The highest BCUT2D eigenvalue weighted by Gasteiger charge is 2.14. The maximum absolute atomic E-state index is 11.4. The van der Waals surface area contributed by atoms with E-state index in [-0.39, 0.29) is 0 Å². The summed E-state index contributed by atoms with van der Waals surface area (Å²) < 4.78 is 11.0. The number of rotatable bonds is 2. The normalized spacial score (nSPS) is 10.4. The van der Waals surface area contributed by atoms with Crippen molar-refractivity contribution in [1.29, 1.82) is 0 Å². The van der Waals surface area contributed by atoms with Crippen LogP contribution < -0.4 is 4.74 Å². The fourth-order valence-electron chi connectivity index (χ4n) is 1.36. The van der Waals surface area contributed by atoms with Gasteiger partial charge in [-0.25, -0.2) is 9.78 Å². The molecule has 0 bridgehead atoms. The van der Waals surface area contributed by atoms with Crippen molar-refractivity contribution in [3.8, 4) is 5.75 Å². The summed E-state index contributed by atoms with van der Waals surface area (Å²) in [5.41, 5.74) is 1.08. The fraction of sp³-hybridized carbons (Fsp3) is 0.200. The zero-order chi connectivity index (χ0) is 11.7. The molecule has 4 nitrogen and oxygen atoms in total. The minimum absolute atomic E-state index is 0.412. The summed E-state index contributed by atoms with van der Waals surface area (Å²) in [4.78, 5) is 15.5. The Kier molecular flexibility index (Phi) is 2.98. The maximum Gasteiger partial charge on any atom is 0.338 e. The van der Waals surface area contributed by atoms with E-state index in [0.29, 0.717) is 21.3 Å². The van der Waals surface area contributed by atoms with E-state index < -0.39 is 5.97 Å². The molecule has 1 heterocycles. The molecule has 0 aliphatic rings. The number of benzene rings is 1. The van der Waals surface area contributed by atoms with Crippen molar-refractivity contribution in [2.75, 3.05) is 14.2 Å². The molecule has 0 N–H and O–H groups in total. The van der Waals surface area contributed by atoms with E-state index in [4.69, 9.17) is 16.3 Å². The standard InChI is InChI=1S/C10H8ClNO3S/c1-14-6-3-5(9(13)15-2)4-7-8(6)12-10(11)16-7/h3-4H,1-2H3. The van der Waals surface area contributed by atoms with Gasteiger partial charge in [-0.15, -0.1) is 11.3 Å². The smallest absolute Gasteiger partial charge is 0.338 e. The summed E-state index contributed by atoms with van der Waals surface area (Å²) in [6.07, 6.45) is 0. The quantitative estimate of drug-likeness (QED) is 0.776. The minimum atomic E-state index is -0.412. The van der Waals surface area contributed by atoms with E-state index in [1.807, 2.05) is 0 Å². The number of carbonyl (C=O) groups excluding carboxylic acids is 1. The molecular formula is C10H8ClNO3S. The molecule has 6 heteroatoms. The molecule has 0 amide bonds. The van der Waals surface area contributed by atoms with Gasteiger partial charge in [-0.1, -0.05) is 11.6 Å². The lowest BCUT2D eigenvalue weighted by molar-refractivity contribution is 0.0600. The van der Waals surface area contributed by atoms with Gasteiger partial charge in [0.25, 0.3) is 0 Å². The molecule has 1 aromatic carbocycles. The summed E-state index contributed by atoms with van der Waals surface area (Å²) in [7, 11) is 2.85. The lowest BCUT2D eigenvalue weighted by atomic mass is 10.2. The van der Waals surface area contributed by atoms with Crippen molar-refractivity contribution >= 4 is 39.1 Å². The molecule has 16 heavy (non-hydrogen) atoms. The highest BCUT2D eigenvalue weighted by Crippen LogP contribution is 2.33. The van der Waals surface area contributed by atoms with Gasteiger partial charge >= 0.3 is 5.97 Å². The highest BCUT2D eigenvalue weighted by atomic mass is 35.5. The fourth-order valence-corrected chi connectivity index (χ4v) is 2.44. The van der Waals surface area contributed by atoms with Gasteiger partial charge in [0, 0.05) is 0 Å². The SMILES string of the molecule is COC(=O)c1cc(OC)c2nc(Cl)sc2c1. The zero-order valence-corrected chi connectivity index (χ0v) is 10.2. The summed E-state index contributed by atoms with van der Waals surface area (Å²) >= 11 is 7.10. The van der Waals surface area contributed by atoms with Crippen molar-refractivity contribution in [1.82, 2.24) is 4.98 Å². The van der Waals surface area contributed by atoms with Crippen LogP contribution >= 0.6 is 22.9 Å². The number of aromatic nitrogens is 1. The molecule has 0 saturated heterocycles. The first-order valence-electron chi connectivity index (χ1n) is 4.38. The number of esters is 1. The lowest BCUT2D eigenvalue weighted by Crippen LogP contribution is -2.01. The Morgan fingerprint density at radius 2 is 2.19 bits per heavy atom. The highest BCUT2D eigenvalue weighted by molar-refractivity contribution is 7.22. The van der Waals surface area contributed by atoms with Crippen LogP contribution in [-0.4, -0.2) is 25.2 Å². The Morgan fingerprint density at radius 1 is 1.44 bits per heavy atom. The molecule has 2 aromatic rings. The Hall–Kier alpha value is -1.33. The molecule has 84 valence electrons. The first-order chi connectivity index (χ1) is 7.65. The Labute approximate surface area is 101 Å².